The van der Waals surface area contributed by atoms with Gasteiger partial charge in [0.25, 0.3) is 15.0 Å². The lowest BCUT2D eigenvalue weighted by Crippen LogP contribution is -2.36. The number of aromatic carboxylic acids is 1. The van der Waals surface area contributed by atoms with Gasteiger partial charge in [-0.2, -0.15) is 0 Å². The van der Waals surface area contributed by atoms with Crippen molar-refractivity contribution in [2.75, 3.05) is 41.8 Å². The third-order valence-corrected chi connectivity index (χ3v) is 9.89. The molecule has 0 atom stereocenters. The molecule has 1 saturated heterocycles. The number of amides is 2. The van der Waals surface area contributed by atoms with Crippen LogP contribution in [-0.4, -0.2) is 82.8 Å². The first-order valence-corrected chi connectivity index (χ1v) is 14.8. The molecule has 3 heterocycles. The smallest absolute Gasteiger partial charge is 0.356 e. The van der Waals surface area contributed by atoms with Gasteiger partial charge in [-0.3, -0.25) is 10.1 Å². The van der Waals surface area contributed by atoms with Gasteiger partial charge in [0, 0.05) is 37.3 Å². The Morgan fingerprint density at radius 1 is 1.12 bits per heavy atom. The van der Waals surface area contributed by atoms with E-state index in [1.807, 2.05) is 0 Å². The highest BCUT2D eigenvalue weighted by Gasteiger charge is 2.34. The number of nitrogens with one attached hydrogen (secondary N) is 2. The number of ether oxygens (including phenoxy) is 1. The first-order chi connectivity index (χ1) is 19.1. The second-order valence-electron chi connectivity index (χ2n) is 9.30. The van der Waals surface area contributed by atoms with Gasteiger partial charge in [0.2, 0.25) is 0 Å². The number of Topliss-reactive ketones (excluding diaryl/α,β-unsaturated/α-hetero) is 1. The summed E-state index contributed by atoms with van der Waals surface area (Å²) >= 11 is 0.447. The number of morpholine rings is 1. The van der Waals surface area contributed by atoms with Crippen LogP contribution in [0.4, 0.5) is 21.3 Å². The molecule has 0 radical (unpaired) electrons. The Morgan fingerprint density at radius 3 is 2.50 bits per heavy atom. The molecular formula is C23H26N8O7S2. The number of aryl methyl sites for hydroxylation is 1. The number of rotatable bonds is 8. The van der Waals surface area contributed by atoms with E-state index in [2.05, 4.69) is 36.0 Å². The summed E-state index contributed by atoms with van der Waals surface area (Å²) in [5, 5.41) is 23.9. The Kier molecular flexibility index (Phi) is 7.77. The number of aromatic nitrogens is 5. The fraction of sp³-hybridized carbons (Fsp3) is 0.435. The van der Waals surface area contributed by atoms with E-state index in [1.54, 1.807) is 18.2 Å². The zero-order chi connectivity index (χ0) is 28.4. The summed E-state index contributed by atoms with van der Waals surface area (Å²) in [7, 11) is -3.16. The summed E-state index contributed by atoms with van der Waals surface area (Å²) in [5.74, 6) is -1.80. The Bertz CT molecular complexity index is 1560. The number of carboxylic acid groups (broad SMARTS) is 1. The minimum Gasteiger partial charge on any atom is -0.476 e. The van der Waals surface area contributed by atoms with Gasteiger partial charge in [0.05, 0.1) is 18.9 Å². The molecule has 3 N–H and O–H groups in total. The SMILES string of the molecule is Cn1nnnc1S(=O)(=O)c1sc(NC(=O)Nc2ccc(N3CCOCC3)cc2C(=O)C2CCCC2)nc1C(=O)O. The van der Waals surface area contributed by atoms with Crippen LogP contribution < -0.4 is 15.5 Å². The maximum Gasteiger partial charge on any atom is 0.356 e. The zero-order valence-corrected chi connectivity index (χ0v) is 23.0. The highest BCUT2D eigenvalue weighted by Crippen LogP contribution is 2.34. The predicted octanol–water partition coefficient (Wildman–Crippen LogP) is 2.05. The second-order valence-corrected chi connectivity index (χ2v) is 12.3. The molecule has 0 unspecified atom stereocenters. The van der Waals surface area contributed by atoms with Crippen LogP contribution in [0.3, 0.4) is 0 Å². The van der Waals surface area contributed by atoms with Crippen LogP contribution in [0.15, 0.2) is 27.6 Å². The maximum absolute atomic E-state index is 13.4. The van der Waals surface area contributed by atoms with Crippen molar-refractivity contribution in [3.8, 4) is 0 Å². The number of thiazole rings is 1. The third-order valence-electron chi connectivity index (χ3n) is 6.70. The van der Waals surface area contributed by atoms with Crippen LogP contribution in [0, 0.1) is 5.92 Å². The molecule has 5 rings (SSSR count). The monoisotopic (exact) mass is 590 g/mol. The maximum atomic E-state index is 13.4. The van der Waals surface area contributed by atoms with E-state index in [1.165, 1.54) is 7.05 Å². The summed E-state index contributed by atoms with van der Waals surface area (Å²) in [6.07, 6.45) is 3.49. The average Bonchev–Trinajstić information content (AvgIpc) is 3.70. The van der Waals surface area contributed by atoms with E-state index in [0.29, 0.717) is 43.2 Å². The summed E-state index contributed by atoms with van der Waals surface area (Å²) in [6.45, 7) is 2.50. The number of carbonyl (C=O) groups excluding carboxylic acids is 2. The number of carboxylic acids is 1. The van der Waals surface area contributed by atoms with E-state index in [-0.39, 0.29) is 22.5 Å². The molecule has 212 valence electrons. The van der Waals surface area contributed by atoms with Crippen molar-refractivity contribution in [3.63, 3.8) is 0 Å². The molecule has 1 aromatic carbocycles. The number of hydrogen-bond acceptors (Lipinski definition) is 12. The van der Waals surface area contributed by atoms with Gasteiger partial charge in [0.15, 0.2) is 20.8 Å². The molecule has 2 fully saturated rings. The van der Waals surface area contributed by atoms with E-state index in [4.69, 9.17) is 4.74 Å². The molecule has 2 amide bonds. The summed E-state index contributed by atoms with van der Waals surface area (Å²) in [6, 6.07) is 4.40. The lowest BCUT2D eigenvalue weighted by Gasteiger charge is -2.29. The quantitative estimate of drug-likeness (QED) is 0.323. The van der Waals surface area contributed by atoms with Gasteiger partial charge in [-0.25, -0.2) is 27.7 Å². The van der Waals surface area contributed by atoms with Crippen molar-refractivity contribution in [1.82, 2.24) is 25.2 Å². The molecule has 0 bridgehead atoms. The van der Waals surface area contributed by atoms with Gasteiger partial charge in [0.1, 0.15) is 0 Å². The first-order valence-electron chi connectivity index (χ1n) is 12.5. The predicted molar refractivity (Wildman–Crippen MR) is 142 cm³/mol. The lowest BCUT2D eigenvalue weighted by molar-refractivity contribution is 0.0687. The number of benzene rings is 1. The van der Waals surface area contributed by atoms with Crippen molar-refractivity contribution in [3.05, 3.63) is 29.5 Å². The molecule has 1 aliphatic heterocycles. The fourth-order valence-corrected chi connectivity index (χ4v) is 7.40. The summed E-state index contributed by atoms with van der Waals surface area (Å²) in [5.41, 5.74) is 0.707. The molecule has 15 nitrogen and oxygen atoms in total. The van der Waals surface area contributed by atoms with Crippen molar-refractivity contribution in [2.45, 2.75) is 35.0 Å². The molecule has 2 aliphatic rings. The molecule has 3 aromatic rings. The van der Waals surface area contributed by atoms with E-state index in [0.717, 1.165) is 36.1 Å². The molecule has 1 aliphatic carbocycles. The largest absolute Gasteiger partial charge is 0.476 e. The van der Waals surface area contributed by atoms with Crippen LogP contribution in [-0.2, 0) is 21.6 Å². The molecule has 17 heteroatoms. The minimum atomic E-state index is -4.45. The van der Waals surface area contributed by atoms with Crippen LogP contribution in [0.5, 0.6) is 0 Å². The second kappa shape index (κ2) is 11.3. The molecule has 1 saturated carbocycles. The van der Waals surface area contributed by atoms with Crippen LogP contribution in [0.25, 0.3) is 0 Å². The van der Waals surface area contributed by atoms with Gasteiger partial charge in [-0.05, 0) is 41.5 Å². The van der Waals surface area contributed by atoms with Gasteiger partial charge in [-0.15, -0.1) is 0 Å². The normalized spacial score (nSPS) is 16.2. The number of carbonyl (C=O) groups is 3. The minimum absolute atomic E-state index is 0.0593. The summed E-state index contributed by atoms with van der Waals surface area (Å²) in [4.78, 5) is 44.1. The van der Waals surface area contributed by atoms with Gasteiger partial charge >= 0.3 is 12.0 Å². The number of urea groups is 1. The van der Waals surface area contributed by atoms with Crippen LogP contribution >= 0.6 is 11.3 Å². The number of anilines is 3. The van der Waals surface area contributed by atoms with Crippen LogP contribution in [0.2, 0.25) is 0 Å². The van der Waals surface area contributed by atoms with Gasteiger partial charge < -0.3 is 20.1 Å². The van der Waals surface area contributed by atoms with Crippen molar-refractivity contribution in [1.29, 1.82) is 0 Å². The third kappa shape index (κ3) is 5.52. The molecule has 2 aromatic heterocycles. The molecule has 0 spiro atoms. The Balaban J connectivity index is 1.40. The zero-order valence-electron chi connectivity index (χ0n) is 21.4. The highest BCUT2D eigenvalue weighted by atomic mass is 32.2. The van der Waals surface area contributed by atoms with Crippen LogP contribution in [0.1, 0.15) is 46.5 Å². The van der Waals surface area contributed by atoms with Crippen molar-refractivity contribution >= 4 is 55.5 Å². The lowest BCUT2D eigenvalue weighted by atomic mass is 9.94. The summed E-state index contributed by atoms with van der Waals surface area (Å²) < 4.78 is 31.7. The fourth-order valence-electron chi connectivity index (χ4n) is 4.73. The number of tetrazole rings is 1. The Labute approximate surface area is 232 Å². The average molecular weight is 591 g/mol. The molecular weight excluding hydrogens is 564 g/mol. The number of sulfone groups is 1. The first kappa shape index (κ1) is 27.6. The van der Waals surface area contributed by atoms with Gasteiger partial charge in [-0.1, -0.05) is 29.3 Å². The molecule has 40 heavy (non-hydrogen) atoms. The topological polar surface area (TPSA) is 199 Å². The van der Waals surface area contributed by atoms with Crippen molar-refractivity contribution in [2.24, 2.45) is 13.0 Å². The van der Waals surface area contributed by atoms with E-state index < -0.39 is 36.9 Å². The van der Waals surface area contributed by atoms with Crippen molar-refractivity contribution < 1.29 is 32.6 Å². The Morgan fingerprint density at radius 2 is 1.85 bits per heavy atom. The standard InChI is InChI=1S/C23H26N8O7S2/c1-30-23(27-28-29-30)40(36,37)20-17(19(33)34)25-22(39-20)26-21(35)24-16-7-6-14(31-8-10-38-11-9-31)12-15(16)18(32)13-4-2-3-5-13/h6-7,12-13H,2-5,8-11H2,1H3,(H,33,34)(H2,24,25,26,35). The van der Waals surface area contributed by atoms with E-state index in [9.17, 15) is 27.9 Å². The number of nitrogens with zero attached hydrogens (tertiary/aromatic N) is 6. The Hall–Kier alpha value is -3.96. The highest BCUT2D eigenvalue weighted by molar-refractivity contribution is 7.93. The van der Waals surface area contributed by atoms with E-state index >= 15 is 0 Å². The number of hydrogen-bond donors (Lipinski definition) is 3. The number of ketones is 1.